The van der Waals surface area contributed by atoms with Gasteiger partial charge >= 0.3 is 0 Å². The Morgan fingerprint density at radius 3 is 2.71 bits per heavy atom. The second kappa shape index (κ2) is 9.79. The fourth-order valence-electron chi connectivity index (χ4n) is 4.64. The van der Waals surface area contributed by atoms with Gasteiger partial charge < -0.3 is 0 Å². The molecule has 1 aromatic heterocycles. The lowest BCUT2D eigenvalue weighted by Crippen LogP contribution is -2.37. The van der Waals surface area contributed by atoms with Gasteiger partial charge in [0, 0.05) is 45.7 Å². The van der Waals surface area contributed by atoms with Gasteiger partial charge in [-0.15, -0.1) is 0 Å². The molecule has 1 fully saturated rings. The molecule has 0 amide bonds. The second-order valence-corrected chi connectivity index (χ2v) is 11.8. The molecule has 2 atom stereocenters. The first-order valence-corrected chi connectivity index (χ1v) is 14.1. The summed E-state index contributed by atoms with van der Waals surface area (Å²) in [5, 5.41) is 5.92. The summed E-state index contributed by atoms with van der Waals surface area (Å²) in [5.41, 5.74) is 3.71. The Morgan fingerprint density at radius 1 is 1.23 bits per heavy atom. The highest BCUT2D eigenvalue weighted by Gasteiger charge is 2.25. The average molecular weight is 462 g/mol. The third kappa shape index (κ3) is 5.73. The Bertz CT molecular complexity index is 1060. The van der Waals surface area contributed by atoms with E-state index in [1.165, 1.54) is 24.7 Å². The predicted molar refractivity (Wildman–Crippen MR) is 125 cm³/mol. The van der Waals surface area contributed by atoms with Crippen molar-refractivity contribution in [1.82, 2.24) is 14.5 Å². The lowest BCUT2D eigenvalue weighted by Gasteiger charge is -2.27. The maximum atomic E-state index is 12.7. The van der Waals surface area contributed by atoms with Crippen molar-refractivity contribution in [3.8, 4) is 0 Å². The molecule has 1 aliphatic carbocycles. The number of aromatic nitrogens is 2. The van der Waals surface area contributed by atoms with Gasteiger partial charge in [0.2, 0.25) is 10.0 Å². The van der Waals surface area contributed by atoms with Crippen molar-refractivity contribution in [2.24, 2.45) is 5.92 Å². The van der Waals surface area contributed by atoms with E-state index in [9.17, 15) is 12.6 Å². The molecule has 2 aliphatic rings. The van der Waals surface area contributed by atoms with E-state index in [1.807, 2.05) is 41.9 Å². The zero-order valence-electron chi connectivity index (χ0n) is 18.0. The predicted octanol–water partition coefficient (Wildman–Crippen LogP) is 3.60. The largest absolute Gasteiger partial charge is 0.264 e. The number of sulfonamides is 1. The normalized spacial score (nSPS) is 21.3. The minimum atomic E-state index is -3.57. The maximum absolute atomic E-state index is 12.7. The van der Waals surface area contributed by atoms with Crippen LogP contribution < -0.4 is 4.72 Å². The van der Waals surface area contributed by atoms with Crippen LogP contribution in [0.2, 0.25) is 0 Å². The molecule has 0 saturated heterocycles. The maximum Gasteiger partial charge on any atom is 0.234 e. The Morgan fingerprint density at radius 2 is 1.97 bits per heavy atom. The number of nitrogens with zero attached hydrogens (tertiary/aromatic N) is 2. The topological polar surface area (TPSA) is 81.1 Å². The summed E-state index contributed by atoms with van der Waals surface area (Å²) in [4.78, 5) is 0. The van der Waals surface area contributed by atoms with Crippen molar-refractivity contribution in [3.63, 3.8) is 0 Å². The van der Waals surface area contributed by atoms with E-state index in [1.54, 1.807) is 6.08 Å². The van der Waals surface area contributed by atoms with E-state index < -0.39 is 20.8 Å². The van der Waals surface area contributed by atoms with Crippen LogP contribution in [0.3, 0.4) is 0 Å². The van der Waals surface area contributed by atoms with Crippen LogP contribution in [0.4, 0.5) is 0 Å². The highest BCUT2D eigenvalue weighted by atomic mass is 32.2. The first-order chi connectivity index (χ1) is 14.9. The molecule has 2 heterocycles. The number of nitrogens with one attached hydrogen (secondary N) is 1. The van der Waals surface area contributed by atoms with Gasteiger partial charge in [0.05, 0.1) is 18.0 Å². The van der Waals surface area contributed by atoms with E-state index in [2.05, 4.69) is 4.72 Å². The Kier molecular flexibility index (Phi) is 7.08. The van der Waals surface area contributed by atoms with Gasteiger partial charge in [0.25, 0.3) is 0 Å². The van der Waals surface area contributed by atoms with Crippen molar-refractivity contribution < 1.29 is 12.6 Å². The van der Waals surface area contributed by atoms with Crippen LogP contribution in [-0.2, 0) is 39.5 Å². The quantitative estimate of drug-likeness (QED) is 0.683. The second-order valence-electron chi connectivity index (χ2n) is 8.64. The smallest absolute Gasteiger partial charge is 0.234 e. The van der Waals surface area contributed by atoms with Gasteiger partial charge in [-0.2, -0.15) is 5.10 Å². The average Bonchev–Trinajstić information content (AvgIpc) is 3.10. The highest BCUT2D eigenvalue weighted by molar-refractivity contribution is 7.92. The van der Waals surface area contributed by atoms with Gasteiger partial charge in [-0.1, -0.05) is 49.6 Å². The van der Waals surface area contributed by atoms with Crippen molar-refractivity contribution in [2.75, 3.05) is 5.75 Å². The summed E-state index contributed by atoms with van der Waals surface area (Å²) in [7, 11) is -4.51. The molecule has 2 unspecified atom stereocenters. The molecule has 2 aromatic rings. The molecule has 1 N–H and O–H groups in total. The zero-order valence-corrected chi connectivity index (χ0v) is 19.6. The molecule has 0 spiro atoms. The Balaban J connectivity index is 1.54. The molecule has 1 aromatic carbocycles. The van der Waals surface area contributed by atoms with Gasteiger partial charge in [0.15, 0.2) is 0 Å². The zero-order chi connectivity index (χ0) is 21.8. The van der Waals surface area contributed by atoms with Crippen LogP contribution in [0.1, 0.15) is 61.5 Å². The lowest BCUT2D eigenvalue weighted by atomic mass is 9.85. The van der Waals surface area contributed by atoms with Crippen molar-refractivity contribution in [3.05, 3.63) is 58.3 Å². The van der Waals surface area contributed by atoms with Gasteiger partial charge in [-0.05, 0) is 37.3 Å². The monoisotopic (exact) mass is 461 g/mol. The van der Waals surface area contributed by atoms with Crippen LogP contribution in [0.15, 0.2) is 35.7 Å². The molecule has 1 saturated carbocycles. The van der Waals surface area contributed by atoms with Gasteiger partial charge in [0.1, 0.15) is 0 Å². The molecule has 31 heavy (non-hydrogen) atoms. The molecule has 0 radical (unpaired) electrons. The van der Waals surface area contributed by atoms with Crippen LogP contribution >= 0.6 is 0 Å². The first-order valence-electron chi connectivity index (χ1n) is 11.1. The Labute approximate surface area is 187 Å². The summed E-state index contributed by atoms with van der Waals surface area (Å²) < 4.78 is 42.3. The summed E-state index contributed by atoms with van der Waals surface area (Å²) in [5.74, 6) is 1.45. The van der Waals surface area contributed by atoms with E-state index in [4.69, 9.17) is 5.10 Å². The van der Waals surface area contributed by atoms with Crippen LogP contribution in [-0.4, -0.2) is 34.2 Å². The van der Waals surface area contributed by atoms with E-state index in [0.29, 0.717) is 36.1 Å². The lowest BCUT2D eigenvalue weighted by molar-refractivity contribution is 0.303. The van der Waals surface area contributed by atoms with E-state index in [0.717, 1.165) is 29.7 Å². The third-order valence-electron chi connectivity index (χ3n) is 6.36. The first kappa shape index (κ1) is 22.4. The number of benzene rings is 1. The van der Waals surface area contributed by atoms with Crippen LogP contribution in [0, 0.1) is 5.92 Å². The molecular formula is C23H31N3O3S2. The van der Waals surface area contributed by atoms with Crippen molar-refractivity contribution in [1.29, 1.82) is 0 Å². The van der Waals surface area contributed by atoms with Crippen LogP contribution in [0.5, 0.6) is 0 Å². The number of rotatable bonds is 7. The molecule has 4 rings (SSSR count). The van der Waals surface area contributed by atoms with Gasteiger partial charge in [-0.3, -0.25) is 8.89 Å². The fraction of sp³-hybridized carbons (Fsp3) is 0.522. The number of hydrogen-bond donors (Lipinski definition) is 1. The van der Waals surface area contributed by atoms with E-state index >= 15 is 0 Å². The number of fused-ring (bicyclic) bond motifs is 1. The van der Waals surface area contributed by atoms with Gasteiger partial charge in [-0.25, -0.2) is 13.1 Å². The van der Waals surface area contributed by atoms with Crippen molar-refractivity contribution in [2.45, 2.75) is 63.8 Å². The fourth-order valence-corrected chi connectivity index (χ4v) is 6.94. The molecule has 8 heteroatoms. The van der Waals surface area contributed by atoms with Crippen LogP contribution in [0.25, 0.3) is 6.08 Å². The summed E-state index contributed by atoms with van der Waals surface area (Å²) >= 11 is 0. The highest BCUT2D eigenvalue weighted by Crippen LogP contribution is 2.27. The standard InChI is InChI=1S/C23H31N3O3S2/c1-18(20-10-6-3-7-11-20)25-31(28,29)15-13-22-21-17-30(27)14-12-23(21)26(24-22)16-19-8-4-2-5-9-19/h2,4-5,8-9,13,15,18,20,25H,3,6-7,10-12,14,16-17H2,1H3. The van der Waals surface area contributed by atoms with E-state index in [-0.39, 0.29) is 6.04 Å². The summed E-state index contributed by atoms with van der Waals surface area (Å²) in [6.07, 6.45) is 8.02. The minimum Gasteiger partial charge on any atom is -0.264 e. The molecule has 168 valence electrons. The Hall–Kier alpha value is -1.77. The number of hydrogen-bond acceptors (Lipinski definition) is 4. The molecule has 0 bridgehead atoms. The molecule has 6 nitrogen and oxygen atoms in total. The minimum absolute atomic E-state index is 0.0768. The third-order valence-corrected chi connectivity index (χ3v) is 8.82. The summed E-state index contributed by atoms with van der Waals surface area (Å²) in [6.45, 7) is 2.58. The SMILES string of the molecule is CC(NS(=O)(=O)C=Cc1nn(Cc2ccccc2)c2c1CS(=O)CC2)C1CCCCC1. The van der Waals surface area contributed by atoms with Crippen molar-refractivity contribution >= 4 is 26.9 Å². The molecular weight excluding hydrogens is 430 g/mol. The molecule has 1 aliphatic heterocycles. The summed E-state index contributed by atoms with van der Waals surface area (Å²) in [6, 6.07) is 9.98.